The first kappa shape index (κ1) is 17.3. The van der Waals surface area contributed by atoms with Crippen molar-refractivity contribution in [2.45, 2.75) is 18.6 Å². The Kier molecular flexibility index (Phi) is 4.64. The number of likely N-dealkylation sites (tertiary alicyclic amines) is 1. The average molecular weight is 363 g/mol. The Balaban J connectivity index is 1.42. The lowest BCUT2D eigenvalue weighted by Gasteiger charge is -2.25. The first-order valence-electron chi connectivity index (χ1n) is 9.00. The fraction of sp³-hybridized carbons (Fsp3) is 0.238. The van der Waals surface area contributed by atoms with Crippen molar-refractivity contribution in [1.82, 2.24) is 15.2 Å². The van der Waals surface area contributed by atoms with Gasteiger partial charge in [-0.2, -0.15) is 0 Å². The quantitative estimate of drug-likeness (QED) is 0.664. The van der Waals surface area contributed by atoms with Gasteiger partial charge in [0.25, 0.3) is 5.91 Å². The number of rotatable bonds is 4. The van der Waals surface area contributed by atoms with Crippen molar-refractivity contribution in [2.75, 3.05) is 13.1 Å². The zero-order valence-electron chi connectivity index (χ0n) is 14.8. The topological polar surface area (TPSA) is 85.4 Å². The number of nitrogens with zero attached hydrogens (tertiary/aromatic N) is 1. The van der Waals surface area contributed by atoms with Crippen molar-refractivity contribution < 1.29 is 14.7 Å². The highest BCUT2D eigenvalue weighted by molar-refractivity contribution is 5.99. The van der Waals surface area contributed by atoms with Gasteiger partial charge in [-0.25, -0.2) is 0 Å². The third kappa shape index (κ3) is 3.57. The number of H-pyrrole nitrogens is 1. The Labute approximate surface area is 156 Å². The number of nitrogens with one attached hydrogen (secondary N) is 2. The molecule has 6 heteroatoms. The van der Waals surface area contributed by atoms with E-state index in [1.165, 1.54) is 0 Å². The molecule has 3 aromatic rings. The van der Waals surface area contributed by atoms with E-state index in [1.54, 1.807) is 11.0 Å². The molecule has 3 N–H and O–H groups in total. The van der Waals surface area contributed by atoms with Crippen LogP contribution in [0.4, 0.5) is 0 Å². The SMILES string of the molecule is O=C(NCC(=O)N1CC(O)CC1c1ccccc1)c1cc2ccccc2[nH]1. The molecule has 0 aliphatic carbocycles. The first-order valence-corrected chi connectivity index (χ1v) is 9.00. The largest absolute Gasteiger partial charge is 0.391 e. The van der Waals surface area contributed by atoms with E-state index in [2.05, 4.69) is 10.3 Å². The van der Waals surface area contributed by atoms with Gasteiger partial charge in [-0.3, -0.25) is 9.59 Å². The number of para-hydroxylation sites is 1. The van der Waals surface area contributed by atoms with Gasteiger partial charge in [0.15, 0.2) is 0 Å². The number of hydrogen-bond acceptors (Lipinski definition) is 3. The minimum absolute atomic E-state index is 0.107. The van der Waals surface area contributed by atoms with Crippen LogP contribution in [0.15, 0.2) is 60.7 Å². The van der Waals surface area contributed by atoms with Crippen molar-refractivity contribution in [3.8, 4) is 0 Å². The molecule has 4 rings (SSSR count). The normalized spacial score (nSPS) is 19.4. The van der Waals surface area contributed by atoms with E-state index in [9.17, 15) is 14.7 Å². The van der Waals surface area contributed by atoms with Crippen LogP contribution in [0.25, 0.3) is 10.9 Å². The van der Waals surface area contributed by atoms with Crippen LogP contribution in [0.2, 0.25) is 0 Å². The Morgan fingerprint density at radius 2 is 1.85 bits per heavy atom. The second-order valence-corrected chi connectivity index (χ2v) is 6.82. The molecule has 0 radical (unpaired) electrons. The molecule has 0 spiro atoms. The van der Waals surface area contributed by atoms with Crippen molar-refractivity contribution >= 4 is 22.7 Å². The van der Waals surface area contributed by atoms with E-state index >= 15 is 0 Å². The smallest absolute Gasteiger partial charge is 0.268 e. The zero-order valence-corrected chi connectivity index (χ0v) is 14.8. The third-order valence-electron chi connectivity index (χ3n) is 4.96. The summed E-state index contributed by atoms with van der Waals surface area (Å²) in [5.74, 6) is -0.527. The fourth-order valence-electron chi connectivity index (χ4n) is 3.63. The maximum atomic E-state index is 12.7. The Hall–Kier alpha value is -3.12. The predicted molar refractivity (Wildman–Crippen MR) is 102 cm³/mol. The minimum atomic E-state index is -0.552. The van der Waals surface area contributed by atoms with Crippen LogP contribution in [0, 0.1) is 0 Å². The molecule has 2 amide bonds. The van der Waals surface area contributed by atoms with Gasteiger partial charge < -0.3 is 20.3 Å². The summed E-state index contributed by atoms with van der Waals surface area (Å²) in [4.78, 5) is 29.8. The van der Waals surface area contributed by atoms with Gasteiger partial charge in [0.05, 0.1) is 18.7 Å². The van der Waals surface area contributed by atoms with E-state index in [-0.39, 0.29) is 30.9 Å². The Morgan fingerprint density at radius 1 is 1.11 bits per heavy atom. The lowest BCUT2D eigenvalue weighted by atomic mass is 10.0. The number of benzene rings is 2. The highest BCUT2D eigenvalue weighted by atomic mass is 16.3. The lowest BCUT2D eigenvalue weighted by molar-refractivity contribution is -0.131. The monoisotopic (exact) mass is 363 g/mol. The number of β-amino-alcohol motifs (C(OH)–C–C–N with tert-alkyl or cyclic N) is 1. The van der Waals surface area contributed by atoms with Crippen LogP contribution in [-0.4, -0.2) is 46.0 Å². The van der Waals surface area contributed by atoms with Crippen LogP contribution in [0.3, 0.4) is 0 Å². The maximum absolute atomic E-state index is 12.7. The second-order valence-electron chi connectivity index (χ2n) is 6.82. The molecule has 1 aliphatic heterocycles. The van der Waals surface area contributed by atoms with Gasteiger partial charge >= 0.3 is 0 Å². The third-order valence-corrected chi connectivity index (χ3v) is 4.96. The predicted octanol–water partition coefficient (Wildman–Crippen LogP) is 2.23. The molecule has 1 aliphatic rings. The van der Waals surface area contributed by atoms with Gasteiger partial charge in [0, 0.05) is 17.4 Å². The molecular formula is C21H21N3O3. The summed E-state index contributed by atoms with van der Waals surface area (Å²) in [6, 6.07) is 18.9. The summed E-state index contributed by atoms with van der Waals surface area (Å²) < 4.78 is 0. The summed E-state index contributed by atoms with van der Waals surface area (Å²) in [7, 11) is 0. The highest BCUT2D eigenvalue weighted by Gasteiger charge is 2.35. The Morgan fingerprint density at radius 3 is 2.63 bits per heavy atom. The van der Waals surface area contributed by atoms with Crippen LogP contribution in [0.5, 0.6) is 0 Å². The number of aliphatic hydroxyl groups is 1. The summed E-state index contributed by atoms with van der Waals surface area (Å²) in [5.41, 5.74) is 2.29. The van der Waals surface area contributed by atoms with E-state index in [0.29, 0.717) is 12.1 Å². The zero-order chi connectivity index (χ0) is 18.8. The summed E-state index contributed by atoms with van der Waals surface area (Å²) in [6.07, 6.45) is -0.0466. The summed E-state index contributed by atoms with van der Waals surface area (Å²) in [6.45, 7) is 0.172. The molecule has 6 nitrogen and oxygen atoms in total. The van der Waals surface area contributed by atoms with Gasteiger partial charge in [0.1, 0.15) is 5.69 Å². The van der Waals surface area contributed by atoms with E-state index in [4.69, 9.17) is 0 Å². The number of aromatic nitrogens is 1. The van der Waals surface area contributed by atoms with Crippen LogP contribution in [0.1, 0.15) is 28.5 Å². The minimum Gasteiger partial charge on any atom is -0.391 e. The molecule has 2 aromatic carbocycles. The average Bonchev–Trinajstić information content (AvgIpc) is 3.30. The number of hydrogen-bond donors (Lipinski definition) is 3. The molecule has 138 valence electrons. The van der Waals surface area contributed by atoms with Gasteiger partial charge in [-0.15, -0.1) is 0 Å². The number of amides is 2. The number of carbonyl (C=O) groups excluding carboxylic acids is 2. The summed E-state index contributed by atoms with van der Waals surface area (Å²) in [5, 5.41) is 13.7. The molecule has 2 heterocycles. The van der Waals surface area contributed by atoms with Crippen LogP contribution < -0.4 is 5.32 Å². The molecular weight excluding hydrogens is 342 g/mol. The van der Waals surface area contributed by atoms with Gasteiger partial charge in [-0.05, 0) is 24.1 Å². The molecule has 2 unspecified atom stereocenters. The number of aliphatic hydroxyl groups excluding tert-OH is 1. The van der Waals surface area contributed by atoms with Gasteiger partial charge in [-0.1, -0.05) is 48.5 Å². The molecule has 1 fully saturated rings. The maximum Gasteiger partial charge on any atom is 0.268 e. The number of aromatic amines is 1. The van der Waals surface area contributed by atoms with Gasteiger partial charge in [0.2, 0.25) is 5.91 Å². The Bertz CT molecular complexity index is 934. The highest BCUT2D eigenvalue weighted by Crippen LogP contribution is 2.31. The van der Waals surface area contributed by atoms with Crippen molar-refractivity contribution in [1.29, 1.82) is 0 Å². The number of fused-ring (bicyclic) bond motifs is 1. The van der Waals surface area contributed by atoms with Crippen LogP contribution >= 0.6 is 0 Å². The van der Waals surface area contributed by atoms with E-state index in [1.807, 2.05) is 54.6 Å². The number of carbonyl (C=O) groups is 2. The molecule has 1 aromatic heterocycles. The standard InChI is InChI=1S/C21H21N3O3/c25-16-11-19(14-6-2-1-3-7-14)24(13-16)20(26)12-22-21(27)18-10-15-8-4-5-9-17(15)23-18/h1-10,16,19,23,25H,11-13H2,(H,22,27). The van der Waals surface area contributed by atoms with Crippen molar-refractivity contribution in [3.05, 3.63) is 71.9 Å². The van der Waals surface area contributed by atoms with E-state index < -0.39 is 6.10 Å². The van der Waals surface area contributed by atoms with E-state index in [0.717, 1.165) is 16.5 Å². The van der Waals surface area contributed by atoms with Crippen molar-refractivity contribution in [2.24, 2.45) is 0 Å². The fourth-order valence-corrected chi connectivity index (χ4v) is 3.63. The molecule has 0 bridgehead atoms. The van der Waals surface area contributed by atoms with Crippen molar-refractivity contribution in [3.63, 3.8) is 0 Å². The molecule has 27 heavy (non-hydrogen) atoms. The molecule has 2 atom stereocenters. The molecule has 1 saturated heterocycles. The summed E-state index contributed by atoms with van der Waals surface area (Å²) >= 11 is 0. The van der Waals surface area contributed by atoms with Crippen LogP contribution in [-0.2, 0) is 4.79 Å². The second kappa shape index (κ2) is 7.25. The lowest BCUT2D eigenvalue weighted by Crippen LogP contribution is -2.40. The first-order chi connectivity index (χ1) is 13.1. The molecule has 0 saturated carbocycles.